The highest BCUT2D eigenvalue weighted by atomic mass is 35.5. The highest BCUT2D eigenvalue weighted by molar-refractivity contribution is 7.18. The van der Waals surface area contributed by atoms with Crippen LogP contribution in [0.25, 0.3) is 21.9 Å². The van der Waals surface area contributed by atoms with Crippen LogP contribution in [0.2, 0.25) is 5.02 Å². The number of halogens is 1. The minimum atomic E-state index is -0.257. The van der Waals surface area contributed by atoms with Gasteiger partial charge in [0, 0.05) is 41.5 Å². The Morgan fingerprint density at radius 3 is 2.90 bits per heavy atom. The third kappa shape index (κ3) is 4.73. The van der Waals surface area contributed by atoms with Gasteiger partial charge in [-0.2, -0.15) is 4.57 Å². The molecule has 3 aromatic rings. The van der Waals surface area contributed by atoms with Crippen molar-refractivity contribution < 1.29 is 14.1 Å². The summed E-state index contributed by atoms with van der Waals surface area (Å²) in [5, 5.41) is 1.94. The molecule has 0 spiro atoms. The molecule has 2 aromatic carbocycles. The molecule has 0 radical (unpaired) electrons. The number of rotatable bonds is 6. The van der Waals surface area contributed by atoms with Crippen LogP contribution in [0.1, 0.15) is 24.4 Å². The Labute approximate surface area is 191 Å². The fraction of sp³-hybridized carbons (Fsp3) is 0.200. The van der Waals surface area contributed by atoms with Gasteiger partial charge in [-0.15, -0.1) is 0 Å². The van der Waals surface area contributed by atoms with Crippen LogP contribution in [0.15, 0.2) is 66.9 Å². The molecule has 4 rings (SSSR count). The largest absolute Gasteiger partial charge is 0.464 e. The first-order valence-electron chi connectivity index (χ1n) is 10.2. The van der Waals surface area contributed by atoms with Gasteiger partial charge in [0.15, 0.2) is 0 Å². The lowest BCUT2D eigenvalue weighted by atomic mass is 9.99. The number of allylic oxidation sites excluding steroid dienone is 4. The predicted molar refractivity (Wildman–Crippen MR) is 129 cm³/mol. The number of fused-ring (bicyclic) bond motifs is 2. The van der Waals surface area contributed by atoms with Crippen LogP contribution in [0.3, 0.4) is 0 Å². The molecule has 31 heavy (non-hydrogen) atoms. The van der Waals surface area contributed by atoms with E-state index < -0.39 is 0 Å². The summed E-state index contributed by atoms with van der Waals surface area (Å²) < 4.78 is 8.61. The van der Waals surface area contributed by atoms with Crippen molar-refractivity contribution in [2.24, 2.45) is 0 Å². The third-order valence-corrected chi connectivity index (χ3v) is 6.49. The van der Waals surface area contributed by atoms with Crippen LogP contribution in [0.5, 0.6) is 0 Å². The fourth-order valence-corrected chi connectivity index (χ4v) is 4.98. The van der Waals surface area contributed by atoms with Crippen molar-refractivity contribution in [3.63, 3.8) is 0 Å². The summed E-state index contributed by atoms with van der Waals surface area (Å²) in [7, 11) is 0. The number of benzene rings is 2. The molecule has 1 aromatic heterocycles. The molecule has 1 aliphatic rings. The zero-order chi connectivity index (χ0) is 21.8. The summed E-state index contributed by atoms with van der Waals surface area (Å²) in [4.78, 5) is 13.2. The summed E-state index contributed by atoms with van der Waals surface area (Å²) in [6.45, 7) is 5.45. The van der Waals surface area contributed by atoms with E-state index in [1.165, 1.54) is 22.1 Å². The first-order valence-corrected chi connectivity index (χ1v) is 11.4. The second-order valence-electron chi connectivity index (χ2n) is 7.14. The van der Waals surface area contributed by atoms with Gasteiger partial charge in [0.25, 0.3) is 5.01 Å². The van der Waals surface area contributed by atoms with Crippen LogP contribution in [0, 0.1) is 0 Å². The normalized spacial score (nSPS) is 14.5. The van der Waals surface area contributed by atoms with E-state index in [0.29, 0.717) is 13.2 Å². The Morgan fingerprint density at radius 1 is 1.26 bits per heavy atom. The van der Waals surface area contributed by atoms with Gasteiger partial charge in [0.05, 0.1) is 6.54 Å². The lowest BCUT2D eigenvalue weighted by Crippen LogP contribution is -2.33. The number of aromatic nitrogens is 1. The smallest absolute Gasteiger partial charge is 0.302 e. The maximum absolute atomic E-state index is 11.1. The number of carbonyl (C=O) groups excluding carboxylic acids is 1. The second-order valence-corrected chi connectivity index (χ2v) is 8.64. The maximum atomic E-state index is 11.1. The van der Waals surface area contributed by atoms with E-state index in [9.17, 15) is 4.79 Å². The van der Waals surface area contributed by atoms with Gasteiger partial charge in [0.2, 0.25) is 5.52 Å². The van der Waals surface area contributed by atoms with Gasteiger partial charge >= 0.3 is 5.97 Å². The summed E-state index contributed by atoms with van der Waals surface area (Å²) in [5.74, 6) is -0.257. The van der Waals surface area contributed by atoms with Crippen molar-refractivity contribution in [2.75, 3.05) is 18.1 Å². The number of hydrogen-bond donors (Lipinski definition) is 0. The molecule has 0 saturated heterocycles. The first-order chi connectivity index (χ1) is 15.1. The number of ether oxygens (including phenoxy) is 1. The van der Waals surface area contributed by atoms with E-state index in [0.717, 1.165) is 28.4 Å². The molecule has 0 bridgehead atoms. The molecule has 0 N–H and O–H groups in total. The van der Waals surface area contributed by atoms with Crippen molar-refractivity contribution in [3.05, 3.63) is 82.5 Å². The van der Waals surface area contributed by atoms with Crippen LogP contribution in [0.4, 0.5) is 5.69 Å². The zero-order valence-electron chi connectivity index (χ0n) is 17.5. The minimum absolute atomic E-state index is 0.257. The maximum Gasteiger partial charge on any atom is 0.302 e. The Bertz CT molecular complexity index is 1210. The predicted octanol–water partition coefficient (Wildman–Crippen LogP) is 5.86. The average molecular weight is 452 g/mol. The number of esters is 1. The first kappa shape index (κ1) is 21.3. The Morgan fingerprint density at radius 2 is 2.10 bits per heavy atom. The molecule has 0 fully saturated rings. The number of aryl methyl sites for hydroxylation is 1. The molecule has 4 nitrogen and oxygen atoms in total. The van der Waals surface area contributed by atoms with Crippen molar-refractivity contribution in [3.8, 4) is 0 Å². The second kappa shape index (κ2) is 9.50. The van der Waals surface area contributed by atoms with E-state index in [-0.39, 0.29) is 5.97 Å². The van der Waals surface area contributed by atoms with Crippen LogP contribution < -0.4 is 9.47 Å². The number of para-hydroxylation sites is 1. The SMILES string of the molecule is CC[n+]1c(/C=C/C=C2\C=CN(CCOC(C)=O)c3ccccc32)sc2ccc(Cl)cc21. The van der Waals surface area contributed by atoms with E-state index in [1.807, 2.05) is 30.5 Å². The zero-order valence-corrected chi connectivity index (χ0v) is 19.1. The standard InChI is InChI=1S/C25H24ClN2O2S/c1-3-28-23-17-20(26)11-12-24(23)31-25(28)10-6-7-19-13-14-27(15-16-30-18(2)29)22-9-5-4-8-21(19)22/h4-14,17H,3,15-16H2,1-2H3/q+1. The third-order valence-electron chi connectivity index (χ3n) is 5.12. The van der Waals surface area contributed by atoms with Crippen molar-refractivity contribution in [1.82, 2.24) is 0 Å². The summed E-state index contributed by atoms with van der Waals surface area (Å²) in [6, 6.07) is 14.3. The van der Waals surface area contributed by atoms with Crippen LogP contribution >= 0.6 is 22.9 Å². The quantitative estimate of drug-likeness (QED) is 0.348. The molecule has 0 unspecified atom stereocenters. The van der Waals surface area contributed by atoms with Gasteiger partial charge in [0.1, 0.15) is 17.9 Å². The molecular weight excluding hydrogens is 428 g/mol. The lowest BCUT2D eigenvalue weighted by molar-refractivity contribution is -0.665. The van der Waals surface area contributed by atoms with Crippen molar-refractivity contribution in [1.29, 1.82) is 0 Å². The van der Waals surface area contributed by atoms with Crippen LogP contribution in [-0.4, -0.2) is 19.1 Å². The summed E-state index contributed by atoms with van der Waals surface area (Å²) in [5.41, 5.74) is 4.57. The van der Waals surface area contributed by atoms with Gasteiger partial charge in [-0.3, -0.25) is 4.79 Å². The van der Waals surface area contributed by atoms with Crippen molar-refractivity contribution in [2.45, 2.75) is 20.4 Å². The molecule has 1 aliphatic heterocycles. The minimum Gasteiger partial charge on any atom is -0.464 e. The Hall–Kier alpha value is -2.89. The molecule has 2 heterocycles. The van der Waals surface area contributed by atoms with Gasteiger partial charge < -0.3 is 9.64 Å². The van der Waals surface area contributed by atoms with Gasteiger partial charge in [-0.1, -0.05) is 53.3 Å². The summed E-state index contributed by atoms with van der Waals surface area (Å²) in [6.07, 6.45) is 10.5. The van der Waals surface area contributed by atoms with E-state index >= 15 is 0 Å². The Kier molecular flexibility index (Phi) is 6.54. The molecule has 0 atom stereocenters. The number of thiazole rings is 1. The number of carbonyl (C=O) groups is 1. The Balaban J connectivity index is 1.59. The average Bonchev–Trinajstić information content (AvgIpc) is 3.11. The molecule has 6 heteroatoms. The van der Waals surface area contributed by atoms with Crippen molar-refractivity contribution >= 4 is 56.5 Å². The highest BCUT2D eigenvalue weighted by Gasteiger charge is 2.18. The number of nitrogens with zero attached hydrogens (tertiary/aromatic N) is 2. The number of hydrogen-bond acceptors (Lipinski definition) is 4. The number of anilines is 1. The highest BCUT2D eigenvalue weighted by Crippen LogP contribution is 2.32. The molecule has 0 aliphatic carbocycles. The van der Waals surface area contributed by atoms with E-state index in [1.54, 1.807) is 11.3 Å². The fourth-order valence-electron chi connectivity index (χ4n) is 3.70. The molecular formula is C25H24ClN2O2S+. The van der Waals surface area contributed by atoms with Gasteiger partial charge in [-0.05, 0) is 36.8 Å². The topological polar surface area (TPSA) is 33.4 Å². The van der Waals surface area contributed by atoms with Gasteiger partial charge in [-0.25, -0.2) is 0 Å². The van der Waals surface area contributed by atoms with E-state index in [2.05, 4.69) is 58.9 Å². The summed E-state index contributed by atoms with van der Waals surface area (Å²) >= 11 is 7.96. The molecule has 0 amide bonds. The van der Waals surface area contributed by atoms with Crippen LogP contribution in [-0.2, 0) is 16.1 Å². The monoisotopic (exact) mass is 451 g/mol. The lowest BCUT2D eigenvalue weighted by Gasteiger charge is -2.27. The molecule has 0 saturated carbocycles. The molecule has 158 valence electrons. The van der Waals surface area contributed by atoms with E-state index in [4.69, 9.17) is 16.3 Å².